The van der Waals surface area contributed by atoms with Crippen molar-refractivity contribution in [3.63, 3.8) is 0 Å². The van der Waals surface area contributed by atoms with Crippen LogP contribution in [-0.4, -0.2) is 25.6 Å². The molecule has 7 heteroatoms. The van der Waals surface area contributed by atoms with Gasteiger partial charge in [0.15, 0.2) is 0 Å². The molecule has 0 radical (unpaired) electrons. The Morgan fingerprint density at radius 3 is 2.89 bits per heavy atom. The van der Waals surface area contributed by atoms with Crippen LogP contribution < -0.4 is 15.8 Å². The second-order valence-corrected chi connectivity index (χ2v) is 6.53. The molecular formula is C11H16BrClN2O2S. The van der Waals surface area contributed by atoms with E-state index in [-0.39, 0.29) is 24.4 Å². The highest BCUT2D eigenvalue weighted by Gasteiger charge is 2.28. The minimum atomic E-state index is -0.0879. The van der Waals surface area contributed by atoms with Crippen LogP contribution in [0.5, 0.6) is 5.75 Å². The number of methoxy groups -OCH3 is 1. The Labute approximate surface area is 125 Å². The van der Waals surface area contributed by atoms with Gasteiger partial charge in [0, 0.05) is 18.7 Å². The third-order valence-electron chi connectivity index (χ3n) is 2.83. The van der Waals surface area contributed by atoms with Gasteiger partial charge in [-0.25, -0.2) is 0 Å². The van der Waals surface area contributed by atoms with Gasteiger partial charge >= 0.3 is 0 Å². The molecule has 18 heavy (non-hydrogen) atoms. The molecule has 1 saturated carbocycles. The number of nitrogens with one attached hydrogen (secondary N) is 1. The van der Waals surface area contributed by atoms with Gasteiger partial charge in [-0.3, -0.25) is 4.79 Å². The molecular weight excluding hydrogens is 340 g/mol. The minimum absolute atomic E-state index is 0. The first kappa shape index (κ1) is 15.8. The molecule has 1 unspecified atom stereocenters. The van der Waals surface area contributed by atoms with Crippen molar-refractivity contribution in [1.82, 2.24) is 5.32 Å². The lowest BCUT2D eigenvalue weighted by molar-refractivity contribution is 0.0954. The van der Waals surface area contributed by atoms with Crippen molar-refractivity contribution in [3.8, 4) is 5.75 Å². The van der Waals surface area contributed by atoms with Crippen molar-refractivity contribution >= 4 is 45.6 Å². The lowest BCUT2D eigenvalue weighted by Gasteiger charge is -2.10. The van der Waals surface area contributed by atoms with E-state index in [9.17, 15) is 4.79 Å². The van der Waals surface area contributed by atoms with Crippen molar-refractivity contribution in [3.05, 3.63) is 14.7 Å². The highest BCUT2D eigenvalue weighted by molar-refractivity contribution is 9.11. The fourth-order valence-electron chi connectivity index (χ4n) is 1.59. The summed E-state index contributed by atoms with van der Waals surface area (Å²) >= 11 is 4.71. The molecule has 102 valence electrons. The first-order valence-corrected chi connectivity index (χ1v) is 7.10. The number of rotatable bonds is 5. The van der Waals surface area contributed by atoms with Crippen molar-refractivity contribution in [2.45, 2.75) is 18.9 Å². The second kappa shape index (κ2) is 6.75. The van der Waals surface area contributed by atoms with E-state index in [0.717, 1.165) is 3.79 Å². The Bertz CT molecular complexity index is 423. The maximum Gasteiger partial charge on any atom is 0.261 e. The third-order valence-corrected chi connectivity index (χ3v) is 4.60. The zero-order valence-corrected chi connectivity index (χ0v) is 13.2. The molecule has 1 amide bonds. The van der Waals surface area contributed by atoms with Crippen molar-refractivity contribution in [1.29, 1.82) is 0 Å². The summed E-state index contributed by atoms with van der Waals surface area (Å²) in [6.07, 6.45) is 2.38. The normalized spacial score (nSPS) is 15.7. The Balaban J connectivity index is 0.00000162. The molecule has 2 rings (SSSR count). The van der Waals surface area contributed by atoms with Crippen LogP contribution in [0.1, 0.15) is 22.5 Å². The Morgan fingerprint density at radius 1 is 1.72 bits per heavy atom. The predicted molar refractivity (Wildman–Crippen MR) is 78.9 cm³/mol. The van der Waals surface area contributed by atoms with Crippen LogP contribution in [-0.2, 0) is 0 Å². The molecule has 1 aliphatic rings. The molecule has 1 heterocycles. The lowest BCUT2D eigenvalue weighted by atomic mass is 10.2. The zero-order chi connectivity index (χ0) is 12.4. The van der Waals surface area contributed by atoms with Crippen LogP contribution in [0.3, 0.4) is 0 Å². The van der Waals surface area contributed by atoms with Gasteiger partial charge < -0.3 is 15.8 Å². The number of carbonyl (C=O) groups is 1. The summed E-state index contributed by atoms with van der Waals surface area (Å²) in [6, 6.07) is 1.82. The van der Waals surface area contributed by atoms with Crippen molar-refractivity contribution in [2.24, 2.45) is 11.7 Å². The van der Waals surface area contributed by atoms with E-state index in [1.54, 1.807) is 13.2 Å². The number of thiophene rings is 1. The summed E-state index contributed by atoms with van der Waals surface area (Å²) < 4.78 is 5.94. The first-order chi connectivity index (χ1) is 8.11. The maximum atomic E-state index is 11.8. The topological polar surface area (TPSA) is 64.3 Å². The smallest absolute Gasteiger partial charge is 0.261 e. The molecule has 0 aliphatic heterocycles. The third kappa shape index (κ3) is 3.85. The molecule has 3 N–H and O–H groups in total. The van der Waals surface area contributed by atoms with Gasteiger partial charge in [-0.05, 0) is 34.7 Å². The van der Waals surface area contributed by atoms with E-state index in [2.05, 4.69) is 21.2 Å². The molecule has 0 spiro atoms. The summed E-state index contributed by atoms with van der Waals surface area (Å²) in [6.45, 7) is 0.543. The summed E-state index contributed by atoms with van der Waals surface area (Å²) in [5.74, 6) is 1.20. The molecule has 0 bridgehead atoms. The van der Waals surface area contributed by atoms with E-state index in [1.165, 1.54) is 24.2 Å². The first-order valence-electron chi connectivity index (χ1n) is 5.49. The molecule has 0 aromatic carbocycles. The molecule has 1 aromatic heterocycles. The molecule has 1 aliphatic carbocycles. The van der Waals surface area contributed by atoms with Crippen molar-refractivity contribution in [2.75, 3.05) is 13.7 Å². The van der Waals surface area contributed by atoms with E-state index >= 15 is 0 Å². The van der Waals surface area contributed by atoms with Gasteiger partial charge in [0.05, 0.1) is 12.0 Å². The average molecular weight is 356 g/mol. The zero-order valence-electron chi connectivity index (χ0n) is 9.94. The van der Waals surface area contributed by atoms with Crippen LogP contribution in [0.2, 0.25) is 0 Å². The van der Waals surface area contributed by atoms with Gasteiger partial charge in [0.2, 0.25) is 0 Å². The van der Waals surface area contributed by atoms with E-state index < -0.39 is 0 Å². The van der Waals surface area contributed by atoms with Gasteiger partial charge in [-0.2, -0.15) is 0 Å². The van der Waals surface area contributed by atoms with Crippen LogP contribution in [0.15, 0.2) is 9.85 Å². The van der Waals surface area contributed by atoms with E-state index in [4.69, 9.17) is 10.5 Å². The highest BCUT2D eigenvalue weighted by Crippen LogP contribution is 2.34. The van der Waals surface area contributed by atoms with E-state index in [0.29, 0.717) is 23.1 Å². The Kier molecular flexibility index (Phi) is 5.91. The standard InChI is InChI=1S/C11H15BrN2O2S.ClH/c1-16-8-4-9(17-10(8)12)11(15)14-5-7(13)6-2-3-6;/h4,6-7H,2-3,5,13H2,1H3,(H,14,15);1H. The summed E-state index contributed by atoms with van der Waals surface area (Å²) in [5.41, 5.74) is 5.92. The number of hydrogen-bond acceptors (Lipinski definition) is 4. The largest absolute Gasteiger partial charge is 0.495 e. The van der Waals surface area contributed by atoms with Crippen LogP contribution in [0.4, 0.5) is 0 Å². The monoisotopic (exact) mass is 354 g/mol. The number of ether oxygens (including phenoxy) is 1. The van der Waals surface area contributed by atoms with Crippen LogP contribution in [0.25, 0.3) is 0 Å². The summed E-state index contributed by atoms with van der Waals surface area (Å²) in [5, 5.41) is 2.85. The van der Waals surface area contributed by atoms with Gasteiger partial charge in [0.25, 0.3) is 5.91 Å². The number of halogens is 2. The number of hydrogen-bond donors (Lipinski definition) is 2. The molecule has 1 atom stereocenters. The molecule has 0 saturated heterocycles. The number of carbonyl (C=O) groups excluding carboxylic acids is 1. The Morgan fingerprint density at radius 2 is 2.39 bits per heavy atom. The number of amides is 1. The summed E-state index contributed by atoms with van der Waals surface area (Å²) in [7, 11) is 1.58. The molecule has 1 fully saturated rings. The quantitative estimate of drug-likeness (QED) is 0.852. The van der Waals surface area contributed by atoms with Crippen LogP contribution in [0, 0.1) is 5.92 Å². The van der Waals surface area contributed by atoms with Crippen LogP contribution >= 0.6 is 39.7 Å². The van der Waals surface area contributed by atoms with Gasteiger partial charge in [0.1, 0.15) is 9.54 Å². The second-order valence-electron chi connectivity index (χ2n) is 4.16. The fraction of sp³-hybridized carbons (Fsp3) is 0.545. The minimum Gasteiger partial charge on any atom is -0.495 e. The average Bonchev–Trinajstić information content (AvgIpc) is 3.09. The lowest BCUT2D eigenvalue weighted by Crippen LogP contribution is -2.38. The SMILES string of the molecule is COc1cc(C(=O)NCC(N)C2CC2)sc1Br.Cl. The fourth-order valence-corrected chi connectivity index (χ4v) is 3.16. The highest BCUT2D eigenvalue weighted by atomic mass is 79.9. The van der Waals surface area contributed by atoms with Gasteiger partial charge in [-0.15, -0.1) is 23.7 Å². The number of nitrogens with two attached hydrogens (primary N) is 1. The van der Waals surface area contributed by atoms with Gasteiger partial charge in [-0.1, -0.05) is 0 Å². The predicted octanol–water partition coefficient (Wildman–Crippen LogP) is 2.41. The summed E-state index contributed by atoms with van der Waals surface area (Å²) in [4.78, 5) is 12.5. The Hall–Kier alpha value is -0.300. The maximum absolute atomic E-state index is 11.8. The molecule has 1 aromatic rings. The van der Waals surface area contributed by atoms with E-state index in [1.807, 2.05) is 0 Å². The van der Waals surface area contributed by atoms with Crippen molar-refractivity contribution < 1.29 is 9.53 Å². The molecule has 4 nitrogen and oxygen atoms in total.